The molecule has 0 aliphatic carbocycles. The Balaban J connectivity index is 2.39. The number of aromatic nitrogens is 3. The van der Waals surface area contributed by atoms with Gasteiger partial charge < -0.3 is 5.32 Å². The highest BCUT2D eigenvalue weighted by Crippen LogP contribution is 1.93. The summed E-state index contributed by atoms with van der Waals surface area (Å²) in [5.41, 5.74) is 0. The van der Waals surface area contributed by atoms with Crippen molar-refractivity contribution < 1.29 is 13.6 Å². The van der Waals surface area contributed by atoms with Crippen molar-refractivity contribution in [3.63, 3.8) is 0 Å². The van der Waals surface area contributed by atoms with Crippen molar-refractivity contribution in [2.75, 3.05) is 0 Å². The molecule has 0 aliphatic heterocycles. The molecule has 72 valence electrons. The Hall–Kier alpha value is -1.53. The molecule has 1 aromatic heterocycles. The summed E-state index contributed by atoms with van der Waals surface area (Å²) in [6.07, 6.45) is -3.00. The van der Waals surface area contributed by atoms with Gasteiger partial charge in [0.1, 0.15) is 5.82 Å². The number of nitrogens with one attached hydrogen (secondary N) is 2. The van der Waals surface area contributed by atoms with Crippen molar-refractivity contribution in [1.29, 1.82) is 0 Å². The lowest BCUT2D eigenvalue weighted by Crippen LogP contribution is -2.29. The quantitative estimate of drug-likeness (QED) is 0.704. The van der Waals surface area contributed by atoms with E-state index in [1.807, 2.05) is 5.32 Å². The lowest BCUT2D eigenvalue weighted by atomic mass is 10.5. The summed E-state index contributed by atoms with van der Waals surface area (Å²) in [7, 11) is 0. The molecule has 0 radical (unpaired) electrons. The molecule has 0 spiro atoms. The van der Waals surface area contributed by atoms with E-state index in [1.165, 1.54) is 0 Å². The van der Waals surface area contributed by atoms with Crippen molar-refractivity contribution >= 4 is 5.91 Å². The van der Waals surface area contributed by atoms with Gasteiger partial charge in [0, 0.05) is 0 Å². The lowest BCUT2D eigenvalue weighted by molar-refractivity contribution is -0.131. The molecule has 2 N–H and O–H groups in total. The van der Waals surface area contributed by atoms with E-state index in [0.717, 1.165) is 0 Å². The maximum atomic E-state index is 11.7. The molecular formula is C6H8F2N4O. The first-order valence-electron chi connectivity index (χ1n) is 3.53. The second-order valence-electron chi connectivity index (χ2n) is 2.36. The zero-order chi connectivity index (χ0) is 9.84. The van der Waals surface area contributed by atoms with Crippen LogP contribution in [0.15, 0.2) is 0 Å². The number of aryl methyl sites for hydroxylation is 1. The van der Waals surface area contributed by atoms with Gasteiger partial charge in [0.05, 0.1) is 6.54 Å². The van der Waals surface area contributed by atoms with Crippen LogP contribution in [0.4, 0.5) is 8.78 Å². The monoisotopic (exact) mass is 190 g/mol. The molecule has 7 heteroatoms. The van der Waals surface area contributed by atoms with Gasteiger partial charge in [-0.25, -0.2) is 4.98 Å². The number of carbonyl (C=O) groups excluding carboxylic acids is 1. The molecule has 0 aromatic carbocycles. The summed E-state index contributed by atoms with van der Waals surface area (Å²) < 4.78 is 23.4. The summed E-state index contributed by atoms with van der Waals surface area (Å²) in [4.78, 5) is 14.2. The molecule has 0 saturated heterocycles. The van der Waals surface area contributed by atoms with Gasteiger partial charge in [-0.1, -0.05) is 0 Å². The van der Waals surface area contributed by atoms with Crippen molar-refractivity contribution in [2.45, 2.75) is 19.9 Å². The molecule has 5 nitrogen and oxygen atoms in total. The fourth-order valence-corrected chi connectivity index (χ4v) is 0.711. The fourth-order valence-electron chi connectivity index (χ4n) is 0.711. The summed E-state index contributed by atoms with van der Waals surface area (Å²) in [5, 5.41) is 8.15. The van der Waals surface area contributed by atoms with Gasteiger partial charge in [0.15, 0.2) is 5.82 Å². The van der Waals surface area contributed by atoms with Crippen molar-refractivity contribution in [3.05, 3.63) is 11.6 Å². The minimum Gasteiger partial charge on any atom is -0.344 e. The molecule has 0 saturated carbocycles. The number of amides is 1. The van der Waals surface area contributed by atoms with Crippen LogP contribution < -0.4 is 5.32 Å². The Bertz CT molecular complexity index is 299. The van der Waals surface area contributed by atoms with Crippen LogP contribution in [0, 0.1) is 6.92 Å². The molecular weight excluding hydrogens is 182 g/mol. The second kappa shape index (κ2) is 3.92. The normalized spacial score (nSPS) is 10.5. The molecule has 0 atom stereocenters. The van der Waals surface area contributed by atoms with Crippen LogP contribution in [0.25, 0.3) is 0 Å². The highest BCUT2D eigenvalue weighted by molar-refractivity contribution is 5.78. The Morgan fingerprint density at radius 2 is 2.38 bits per heavy atom. The number of aromatic amines is 1. The Kier molecular flexibility index (Phi) is 2.88. The molecule has 1 amide bonds. The Labute approximate surface area is 72.6 Å². The third-order valence-electron chi connectivity index (χ3n) is 1.26. The van der Waals surface area contributed by atoms with Gasteiger partial charge in [-0.15, -0.1) is 0 Å². The number of carbonyl (C=O) groups is 1. The standard InChI is InChI=1S/C6H8F2N4O/c1-3-10-4(12-11-3)2-9-6(13)5(7)8/h5H,2H2,1H3,(H,9,13)(H,10,11,12). The van der Waals surface area contributed by atoms with Gasteiger partial charge in [0.2, 0.25) is 0 Å². The van der Waals surface area contributed by atoms with E-state index in [4.69, 9.17) is 0 Å². The van der Waals surface area contributed by atoms with Crippen LogP contribution in [0.5, 0.6) is 0 Å². The number of nitrogens with zero attached hydrogens (tertiary/aromatic N) is 2. The third kappa shape index (κ3) is 2.77. The SMILES string of the molecule is Cc1nc(CNC(=O)C(F)F)n[nH]1. The van der Waals surface area contributed by atoms with E-state index >= 15 is 0 Å². The molecule has 1 aromatic rings. The van der Waals surface area contributed by atoms with Crippen molar-refractivity contribution in [3.8, 4) is 0 Å². The predicted octanol–water partition coefficient (Wildman–Crippen LogP) is -0.00558. The maximum absolute atomic E-state index is 11.7. The van der Waals surface area contributed by atoms with E-state index in [9.17, 15) is 13.6 Å². The number of hydrogen-bond acceptors (Lipinski definition) is 3. The summed E-state index contributed by atoms with van der Waals surface area (Å²) in [5.74, 6) is -0.463. The fraction of sp³-hybridized carbons (Fsp3) is 0.500. The topological polar surface area (TPSA) is 70.7 Å². The third-order valence-corrected chi connectivity index (χ3v) is 1.26. The first-order chi connectivity index (χ1) is 6.09. The average Bonchev–Trinajstić information content (AvgIpc) is 2.47. The minimum atomic E-state index is -3.00. The molecule has 0 fully saturated rings. The van der Waals surface area contributed by atoms with Gasteiger partial charge in [-0.3, -0.25) is 9.89 Å². The maximum Gasteiger partial charge on any atom is 0.315 e. The molecule has 13 heavy (non-hydrogen) atoms. The van der Waals surface area contributed by atoms with Crippen LogP contribution in [0.1, 0.15) is 11.6 Å². The van der Waals surface area contributed by atoms with E-state index in [2.05, 4.69) is 15.2 Å². The van der Waals surface area contributed by atoms with Gasteiger partial charge in [0.25, 0.3) is 5.91 Å². The van der Waals surface area contributed by atoms with Crippen molar-refractivity contribution in [2.24, 2.45) is 0 Å². The molecule has 0 aliphatic rings. The summed E-state index contributed by atoms with van der Waals surface area (Å²) in [6, 6.07) is 0. The van der Waals surface area contributed by atoms with Crippen LogP contribution in [-0.4, -0.2) is 27.5 Å². The van der Waals surface area contributed by atoms with Crippen LogP contribution in [-0.2, 0) is 11.3 Å². The number of hydrogen-bond donors (Lipinski definition) is 2. The highest BCUT2D eigenvalue weighted by Gasteiger charge is 2.14. The number of halogens is 2. The lowest BCUT2D eigenvalue weighted by Gasteiger charge is -1.99. The number of H-pyrrole nitrogens is 1. The van der Waals surface area contributed by atoms with Crippen LogP contribution in [0.3, 0.4) is 0 Å². The average molecular weight is 190 g/mol. The van der Waals surface area contributed by atoms with E-state index in [0.29, 0.717) is 5.82 Å². The summed E-state index contributed by atoms with van der Waals surface area (Å²) in [6.45, 7) is 1.58. The largest absolute Gasteiger partial charge is 0.344 e. The Morgan fingerprint density at radius 1 is 1.69 bits per heavy atom. The highest BCUT2D eigenvalue weighted by atomic mass is 19.3. The second-order valence-corrected chi connectivity index (χ2v) is 2.36. The van der Waals surface area contributed by atoms with E-state index in [1.54, 1.807) is 6.92 Å². The minimum absolute atomic E-state index is 0.0898. The number of rotatable bonds is 3. The molecule has 1 rings (SSSR count). The zero-order valence-corrected chi connectivity index (χ0v) is 6.84. The van der Waals surface area contributed by atoms with Gasteiger partial charge in [-0.2, -0.15) is 13.9 Å². The van der Waals surface area contributed by atoms with Gasteiger partial charge in [-0.05, 0) is 6.92 Å². The summed E-state index contributed by atoms with van der Waals surface area (Å²) >= 11 is 0. The predicted molar refractivity (Wildman–Crippen MR) is 39.0 cm³/mol. The molecule has 0 unspecified atom stereocenters. The van der Waals surface area contributed by atoms with E-state index in [-0.39, 0.29) is 12.4 Å². The molecule has 1 heterocycles. The van der Waals surface area contributed by atoms with Crippen molar-refractivity contribution in [1.82, 2.24) is 20.5 Å². The van der Waals surface area contributed by atoms with Gasteiger partial charge >= 0.3 is 6.43 Å². The zero-order valence-electron chi connectivity index (χ0n) is 6.84. The number of alkyl halides is 2. The first kappa shape index (κ1) is 9.56. The molecule has 0 bridgehead atoms. The van der Waals surface area contributed by atoms with Crippen LogP contribution >= 0.6 is 0 Å². The first-order valence-corrected chi connectivity index (χ1v) is 3.53. The van der Waals surface area contributed by atoms with E-state index < -0.39 is 12.3 Å². The van der Waals surface area contributed by atoms with Crippen LogP contribution in [0.2, 0.25) is 0 Å². The smallest absolute Gasteiger partial charge is 0.315 e. The Morgan fingerprint density at radius 3 is 2.85 bits per heavy atom.